The number of hydrogen-bond donors (Lipinski definition) is 1. The second-order valence-electron chi connectivity index (χ2n) is 12.8. The van der Waals surface area contributed by atoms with E-state index in [2.05, 4.69) is 68.1 Å². The van der Waals surface area contributed by atoms with Crippen LogP contribution in [0.3, 0.4) is 0 Å². The highest BCUT2D eigenvalue weighted by Crippen LogP contribution is 2.62. The average Bonchev–Trinajstić information content (AvgIpc) is 2.56. The van der Waals surface area contributed by atoms with Gasteiger partial charge < -0.3 is 14.3 Å². The van der Waals surface area contributed by atoms with Crippen molar-refractivity contribution < 1.29 is 19.1 Å². The van der Waals surface area contributed by atoms with E-state index in [4.69, 9.17) is 9.16 Å². The Morgan fingerprint density at radius 3 is 2.10 bits per heavy atom. The molecule has 2 aliphatic rings. The number of rotatable bonds is 5. The molecular weight excluding hydrogens is 392 g/mol. The molecule has 1 N–H and O–H groups in total. The molecule has 174 valence electrons. The van der Waals surface area contributed by atoms with Crippen LogP contribution >= 0.6 is 0 Å². The summed E-state index contributed by atoms with van der Waals surface area (Å²) in [5.41, 5.74) is -0.830. The fourth-order valence-corrected chi connectivity index (χ4v) is 7.01. The van der Waals surface area contributed by atoms with Gasteiger partial charge in [-0.2, -0.15) is 0 Å². The summed E-state index contributed by atoms with van der Waals surface area (Å²) >= 11 is 0. The van der Waals surface area contributed by atoms with Gasteiger partial charge in [-0.3, -0.25) is 4.79 Å². The zero-order chi connectivity index (χ0) is 23.6. The summed E-state index contributed by atoms with van der Waals surface area (Å²) in [6.45, 7) is 28.2. The highest BCUT2D eigenvalue weighted by atomic mass is 28.4. The molecule has 0 aromatic rings. The predicted molar refractivity (Wildman–Crippen MR) is 126 cm³/mol. The molecule has 30 heavy (non-hydrogen) atoms. The van der Waals surface area contributed by atoms with Crippen molar-refractivity contribution in [2.24, 2.45) is 16.2 Å². The number of fused-ring (bicyclic) bond motifs is 1. The maximum absolute atomic E-state index is 12.0. The lowest BCUT2D eigenvalue weighted by Crippen LogP contribution is -2.60. The Morgan fingerprint density at radius 2 is 1.63 bits per heavy atom. The second-order valence-corrected chi connectivity index (χ2v) is 17.5. The largest absolute Gasteiger partial charge is 0.481 e. The van der Waals surface area contributed by atoms with Gasteiger partial charge in [0.2, 0.25) is 0 Å². The molecule has 0 spiro atoms. The maximum Gasteiger partial charge on any atom is 0.309 e. The van der Waals surface area contributed by atoms with E-state index < -0.39 is 25.1 Å². The van der Waals surface area contributed by atoms with Gasteiger partial charge in [-0.15, -0.1) is 0 Å². The van der Waals surface area contributed by atoms with E-state index >= 15 is 0 Å². The summed E-state index contributed by atoms with van der Waals surface area (Å²) in [6, 6.07) is 0. The van der Waals surface area contributed by atoms with Crippen molar-refractivity contribution in [3.05, 3.63) is 12.2 Å². The average molecular weight is 439 g/mol. The summed E-state index contributed by atoms with van der Waals surface area (Å²) < 4.78 is 13.6. The first-order valence-electron chi connectivity index (χ1n) is 11.5. The molecule has 0 bridgehead atoms. The van der Waals surface area contributed by atoms with Gasteiger partial charge >= 0.3 is 5.97 Å². The number of ether oxygens (including phenoxy) is 1. The molecule has 5 heteroatoms. The third kappa shape index (κ3) is 3.95. The molecule has 2 fully saturated rings. The third-order valence-corrected chi connectivity index (χ3v) is 13.9. The minimum absolute atomic E-state index is 0.0364. The van der Waals surface area contributed by atoms with Crippen LogP contribution in [-0.4, -0.2) is 37.2 Å². The Labute approximate surface area is 185 Å². The molecule has 4 unspecified atom stereocenters. The molecular formula is C25H46O4Si. The minimum Gasteiger partial charge on any atom is -0.481 e. The monoisotopic (exact) mass is 438 g/mol. The minimum atomic E-state index is -1.92. The first kappa shape index (κ1) is 25.6. The number of aliphatic carboxylic acids is 1. The van der Waals surface area contributed by atoms with Gasteiger partial charge in [0.1, 0.15) is 0 Å². The van der Waals surface area contributed by atoms with Gasteiger partial charge in [0.15, 0.2) is 8.32 Å². The fraction of sp³-hybridized carbons (Fsp3) is 0.880. The summed E-state index contributed by atoms with van der Waals surface area (Å²) in [5, 5.41) is 10.0. The topological polar surface area (TPSA) is 55.8 Å². The number of carboxylic acids is 1. The number of carboxylic acid groups (broad SMARTS) is 1. The lowest BCUT2D eigenvalue weighted by Gasteiger charge is -2.59. The maximum atomic E-state index is 12.0. The molecule has 4 atom stereocenters. The van der Waals surface area contributed by atoms with E-state index in [-0.39, 0.29) is 28.3 Å². The predicted octanol–water partition coefficient (Wildman–Crippen LogP) is 6.81. The van der Waals surface area contributed by atoms with Crippen molar-refractivity contribution in [1.29, 1.82) is 0 Å². The zero-order valence-corrected chi connectivity index (χ0v) is 22.4. The Balaban J connectivity index is 2.25. The van der Waals surface area contributed by atoms with Crippen molar-refractivity contribution in [2.45, 2.75) is 124 Å². The van der Waals surface area contributed by atoms with Crippen LogP contribution in [0.1, 0.15) is 88.0 Å². The normalized spacial score (nSPS) is 33.9. The van der Waals surface area contributed by atoms with Crippen molar-refractivity contribution in [1.82, 2.24) is 0 Å². The summed E-state index contributed by atoms with van der Waals surface area (Å²) in [6.07, 6.45) is 3.59. The first-order chi connectivity index (χ1) is 13.2. The van der Waals surface area contributed by atoms with Crippen molar-refractivity contribution in [3.8, 4) is 0 Å². The Morgan fingerprint density at radius 1 is 1.10 bits per heavy atom. The Kier molecular flexibility index (Phi) is 6.36. The van der Waals surface area contributed by atoms with Crippen LogP contribution in [0, 0.1) is 16.2 Å². The van der Waals surface area contributed by atoms with Crippen LogP contribution in [0.2, 0.25) is 18.1 Å². The van der Waals surface area contributed by atoms with E-state index in [0.717, 1.165) is 31.3 Å². The van der Waals surface area contributed by atoms with Crippen LogP contribution < -0.4 is 0 Å². The molecule has 0 radical (unpaired) electrons. The van der Waals surface area contributed by atoms with Gasteiger partial charge in [-0.25, -0.2) is 0 Å². The second kappa shape index (κ2) is 7.45. The molecule has 1 saturated carbocycles. The van der Waals surface area contributed by atoms with E-state index in [0.29, 0.717) is 0 Å². The lowest BCUT2D eigenvalue weighted by atomic mass is 9.49. The van der Waals surface area contributed by atoms with E-state index in [1.165, 1.54) is 0 Å². The smallest absolute Gasteiger partial charge is 0.309 e. The van der Waals surface area contributed by atoms with Gasteiger partial charge in [0, 0.05) is 10.8 Å². The summed E-state index contributed by atoms with van der Waals surface area (Å²) in [7, 11) is -1.92. The molecule has 0 aromatic heterocycles. The first-order valence-corrected chi connectivity index (χ1v) is 14.4. The highest BCUT2D eigenvalue weighted by molar-refractivity contribution is 6.74. The van der Waals surface area contributed by atoms with Gasteiger partial charge in [-0.05, 0) is 71.5 Å². The SMILES string of the molecule is C=C1C2(C)CCC(C(C)(C)O[Si](C)(C)C(C)(C)C)OC2CCC1(C)C(C)(C)C(=O)O. The molecule has 4 nitrogen and oxygen atoms in total. The summed E-state index contributed by atoms with van der Waals surface area (Å²) in [4.78, 5) is 12.0. The quantitative estimate of drug-likeness (QED) is 0.378. The fourth-order valence-electron chi connectivity index (χ4n) is 5.25. The van der Waals surface area contributed by atoms with Crippen LogP contribution in [-0.2, 0) is 14.0 Å². The summed E-state index contributed by atoms with van der Waals surface area (Å²) in [5.74, 6) is -0.758. The molecule has 0 amide bonds. The number of hydrogen-bond acceptors (Lipinski definition) is 3. The van der Waals surface area contributed by atoms with Gasteiger partial charge in [-0.1, -0.05) is 46.8 Å². The van der Waals surface area contributed by atoms with Crippen LogP contribution in [0.5, 0.6) is 0 Å². The van der Waals surface area contributed by atoms with Crippen LogP contribution in [0.25, 0.3) is 0 Å². The van der Waals surface area contributed by atoms with Gasteiger partial charge in [0.25, 0.3) is 0 Å². The van der Waals surface area contributed by atoms with E-state index in [1.54, 1.807) is 0 Å². The van der Waals surface area contributed by atoms with Crippen molar-refractivity contribution in [2.75, 3.05) is 0 Å². The molecule has 1 aliphatic carbocycles. The number of carbonyl (C=O) groups is 1. The van der Waals surface area contributed by atoms with Crippen molar-refractivity contribution in [3.63, 3.8) is 0 Å². The molecule has 1 aliphatic heterocycles. The molecule has 2 rings (SSSR count). The van der Waals surface area contributed by atoms with Crippen LogP contribution in [0.15, 0.2) is 12.2 Å². The Bertz CT molecular complexity index is 702. The van der Waals surface area contributed by atoms with Crippen LogP contribution in [0.4, 0.5) is 0 Å². The van der Waals surface area contributed by atoms with E-state index in [9.17, 15) is 9.90 Å². The zero-order valence-electron chi connectivity index (χ0n) is 21.4. The molecule has 1 saturated heterocycles. The van der Waals surface area contributed by atoms with Gasteiger partial charge in [0.05, 0.1) is 23.2 Å². The highest BCUT2D eigenvalue weighted by Gasteiger charge is 2.59. The third-order valence-electron chi connectivity index (χ3n) is 9.24. The molecule has 1 heterocycles. The van der Waals surface area contributed by atoms with Crippen molar-refractivity contribution >= 4 is 14.3 Å². The lowest BCUT2D eigenvalue weighted by molar-refractivity contribution is -0.193. The van der Waals surface area contributed by atoms with E-state index in [1.807, 2.05) is 13.8 Å². The standard InChI is InChI=1S/C25H46O4Si/c1-17-24(9)15-13-18(23(7,8)29-30(11,12)21(2,3)4)28-19(24)14-16-25(17,10)22(5,6)20(26)27/h18-19H,1,13-16H2,2-12H3,(H,26,27). The Hall–Kier alpha value is -0.653. The molecule has 0 aromatic carbocycles.